The molecule has 25 heavy (non-hydrogen) atoms. The van der Waals surface area contributed by atoms with Crippen LogP contribution in [0.25, 0.3) is 0 Å². The van der Waals surface area contributed by atoms with Crippen LogP contribution in [0.5, 0.6) is 0 Å². The molecule has 0 aliphatic heterocycles. The number of aromatic nitrogens is 4. The minimum atomic E-state index is -0.302. The van der Waals surface area contributed by atoms with E-state index >= 15 is 0 Å². The van der Waals surface area contributed by atoms with Gasteiger partial charge in [-0.05, 0) is 38.8 Å². The number of hydrogen-bond acceptors (Lipinski definition) is 5. The minimum absolute atomic E-state index is 0.115. The lowest BCUT2D eigenvalue weighted by molar-refractivity contribution is -0.115. The van der Waals surface area contributed by atoms with Gasteiger partial charge < -0.3 is 9.88 Å². The van der Waals surface area contributed by atoms with Crippen molar-refractivity contribution in [1.29, 1.82) is 0 Å². The summed E-state index contributed by atoms with van der Waals surface area (Å²) in [5.74, 6) is 1.30. The molecule has 1 atom stereocenters. The van der Waals surface area contributed by atoms with Crippen LogP contribution >= 0.6 is 23.4 Å². The molecule has 1 N–H and O–H groups in total. The van der Waals surface area contributed by atoms with Crippen molar-refractivity contribution in [2.24, 2.45) is 0 Å². The Labute approximate surface area is 156 Å². The number of rotatable bonds is 5. The SMILES string of the molecule is Cc1nnc(SC(C)C(=O)Nc2ccc(Cl)cn2)n1C1CCCCC1. The van der Waals surface area contributed by atoms with Crippen LogP contribution in [-0.4, -0.2) is 30.9 Å². The molecule has 3 rings (SSSR count). The third-order valence-corrected chi connectivity index (χ3v) is 5.69. The van der Waals surface area contributed by atoms with E-state index in [0.717, 1.165) is 23.8 Å². The Morgan fingerprint density at radius 2 is 2.08 bits per heavy atom. The lowest BCUT2D eigenvalue weighted by Crippen LogP contribution is -2.24. The van der Waals surface area contributed by atoms with Crippen molar-refractivity contribution in [1.82, 2.24) is 19.7 Å². The normalized spacial score (nSPS) is 16.6. The highest BCUT2D eigenvalue weighted by Crippen LogP contribution is 2.33. The van der Waals surface area contributed by atoms with Crippen molar-refractivity contribution in [2.45, 2.75) is 62.4 Å². The van der Waals surface area contributed by atoms with Crippen molar-refractivity contribution in [3.63, 3.8) is 0 Å². The largest absolute Gasteiger partial charge is 0.310 e. The lowest BCUT2D eigenvalue weighted by Gasteiger charge is -2.25. The third kappa shape index (κ3) is 4.52. The average Bonchev–Trinajstić information content (AvgIpc) is 2.98. The number of thioether (sulfide) groups is 1. The molecule has 1 aliphatic rings. The van der Waals surface area contributed by atoms with E-state index in [1.165, 1.54) is 37.2 Å². The summed E-state index contributed by atoms with van der Waals surface area (Å²) in [5.41, 5.74) is 0. The van der Waals surface area contributed by atoms with Gasteiger partial charge in [0.15, 0.2) is 5.16 Å². The molecule has 0 radical (unpaired) electrons. The van der Waals surface area contributed by atoms with Crippen LogP contribution in [0.3, 0.4) is 0 Å². The molecule has 2 aromatic rings. The van der Waals surface area contributed by atoms with Crippen LogP contribution in [0.1, 0.15) is 50.9 Å². The molecule has 0 spiro atoms. The van der Waals surface area contributed by atoms with Crippen LogP contribution in [0.15, 0.2) is 23.5 Å². The summed E-state index contributed by atoms with van der Waals surface area (Å²) < 4.78 is 2.20. The van der Waals surface area contributed by atoms with Gasteiger partial charge in [0.1, 0.15) is 11.6 Å². The van der Waals surface area contributed by atoms with Crippen molar-refractivity contribution >= 4 is 35.1 Å². The van der Waals surface area contributed by atoms with Gasteiger partial charge in [-0.1, -0.05) is 42.6 Å². The number of nitrogens with one attached hydrogen (secondary N) is 1. The Balaban J connectivity index is 1.67. The fourth-order valence-corrected chi connectivity index (χ4v) is 4.16. The number of carbonyl (C=O) groups excluding carboxylic acids is 1. The molecule has 1 aliphatic carbocycles. The molecule has 6 nitrogen and oxygen atoms in total. The maximum Gasteiger partial charge on any atom is 0.238 e. The fraction of sp³-hybridized carbons (Fsp3) is 0.529. The quantitative estimate of drug-likeness (QED) is 0.786. The number of anilines is 1. The van der Waals surface area contributed by atoms with Crippen molar-refractivity contribution in [2.75, 3.05) is 5.32 Å². The van der Waals surface area contributed by atoms with Gasteiger partial charge in [-0.3, -0.25) is 4.79 Å². The number of amides is 1. The van der Waals surface area contributed by atoms with E-state index in [4.69, 9.17) is 11.6 Å². The van der Waals surface area contributed by atoms with Gasteiger partial charge in [0.25, 0.3) is 0 Å². The molecule has 8 heteroatoms. The third-order valence-electron chi connectivity index (χ3n) is 4.40. The highest BCUT2D eigenvalue weighted by molar-refractivity contribution is 8.00. The number of hydrogen-bond donors (Lipinski definition) is 1. The number of halogens is 1. The Morgan fingerprint density at radius 3 is 2.76 bits per heavy atom. The van der Waals surface area contributed by atoms with Crippen LogP contribution in [0, 0.1) is 6.92 Å². The summed E-state index contributed by atoms with van der Waals surface area (Å²) in [6, 6.07) is 3.83. The van der Waals surface area contributed by atoms with Crippen LogP contribution in [0.4, 0.5) is 5.82 Å². The molecule has 0 aromatic carbocycles. The first-order valence-corrected chi connectivity index (χ1v) is 9.81. The summed E-state index contributed by atoms with van der Waals surface area (Å²) in [7, 11) is 0. The molecular weight excluding hydrogens is 358 g/mol. The molecule has 1 fully saturated rings. The summed E-state index contributed by atoms with van der Waals surface area (Å²) in [6.07, 6.45) is 7.60. The standard InChI is InChI=1S/C17H22ClN5OS/c1-11(16(24)20-15-9-8-13(18)10-19-15)25-17-22-21-12(2)23(17)14-6-4-3-5-7-14/h8-11,14H,3-7H2,1-2H3,(H,19,20,24). The molecule has 1 amide bonds. The predicted molar refractivity (Wildman–Crippen MR) is 100 cm³/mol. The van der Waals surface area contributed by atoms with Gasteiger partial charge in [-0.25, -0.2) is 4.98 Å². The average molecular weight is 380 g/mol. The van der Waals surface area contributed by atoms with Crippen molar-refractivity contribution in [3.05, 3.63) is 29.2 Å². The van der Waals surface area contributed by atoms with E-state index < -0.39 is 0 Å². The molecule has 1 unspecified atom stereocenters. The van der Waals surface area contributed by atoms with E-state index in [9.17, 15) is 4.79 Å². The molecule has 0 saturated heterocycles. The monoisotopic (exact) mass is 379 g/mol. The smallest absolute Gasteiger partial charge is 0.238 e. The second-order valence-electron chi connectivity index (χ2n) is 6.30. The zero-order valence-electron chi connectivity index (χ0n) is 14.4. The number of pyridine rings is 1. The van der Waals surface area contributed by atoms with Crippen molar-refractivity contribution in [3.8, 4) is 0 Å². The van der Waals surface area contributed by atoms with Gasteiger partial charge in [-0.15, -0.1) is 10.2 Å². The van der Waals surface area contributed by atoms with E-state index in [2.05, 4.69) is 25.1 Å². The molecule has 2 heterocycles. The molecule has 2 aromatic heterocycles. The van der Waals surface area contributed by atoms with Crippen LogP contribution in [-0.2, 0) is 4.79 Å². The maximum absolute atomic E-state index is 12.4. The molecule has 134 valence electrons. The second-order valence-corrected chi connectivity index (χ2v) is 8.05. The van der Waals surface area contributed by atoms with E-state index in [-0.39, 0.29) is 11.2 Å². The van der Waals surface area contributed by atoms with Gasteiger partial charge in [0, 0.05) is 12.2 Å². The highest BCUT2D eigenvalue weighted by Gasteiger charge is 2.24. The fourth-order valence-electron chi connectivity index (χ4n) is 3.08. The van der Waals surface area contributed by atoms with Crippen LogP contribution in [0.2, 0.25) is 5.02 Å². The number of aryl methyl sites for hydroxylation is 1. The Kier molecular flexibility index (Phi) is 5.96. The molecular formula is C17H22ClN5OS. The summed E-state index contributed by atoms with van der Waals surface area (Å²) in [6.45, 7) is 3.85. The predicted octanol–water partition coefficient (Wildman–Crippen LogP) is 4.26. The highest BCUT2D eigenvalue weighted by atomic mass is 35.5. The van der Waals surface area contributed by atoms with Gasteiger partial charge in [0.05, 0.1) is 10.3 Å². The Morgan fingerprint density at radius 1 is 1.32 bits per heavy atom. The first-order valence-electron chi connectivity index (χ1n) is 8.55. The summed E-state index contributed by atoms with van der Waals surface area (Å²) in [5, 5.41) is 12.4. The molecule has 0 bridgehead atoms. The van der Waals surface area contributed by atoms with Gasteiger partial charge in [-0.2, -0.15) is 0 Å². The van der Waals surface area contributed by atoms with E-state index in [1.54, 1.807) is 12.1 Å². The van der Waals surface area contributed by atoms with Gasteiger partial charge >= 0.3 is 0 Å². The lowest BCUT2D eigenvalue weighted by atomic mass is 9.95. The Hall–Kier alpha value is -1.60. The van der Waals surface area contributed by atoms with Crippen molar-refractivity contribution < 1.29 is 4.79 Å². The van der Waals surface area contributed by atoms with Gasteiger partial charge in [0.2, 0.25) is 5.91 Å². The second kappa shape index (κ2) is 8.19. The zero-order chi connectivity index (χ0) is 17.8. The Bertz CT molecular complexity index is 727. The maximum atomic E-state index is 12.4. The first kappa shape index (κ1) is 18.2. The molecule has 1 saturated carbocycles. The summed E-state index contributed by atoms with van der Waals surface area (Å²) in [4.78, 5) is 16.5. The topological polar surface area (TPSA) is 72.7 Å². The zero-order valence-corrected chi connectivity index (χ0v) is 16.0. The first-order chi connectivity index (χ1) is 12.0. The van der Waals surface area contributed by atoms with E-state index in [0.29, 0.717) is 16.9 Å². The van der Waals surface area contributed by atoms with E-state index in [1.807, 2.05) is 13.8 Å². The minimum Gasteiger partial charge on any atom is -0.310 e. The van der Waals surface area contributed by atoms with Crippen LogP contribution < -0.4 is 5.32 Å². The number of carbonyl (C=O) groups is 1. The number of nitrogens with zero attached hydrogens (tertiary/aromatic N) is 4. The summed E-state index contributed by atoms with van der Waals surface area (Å²) >= 11 is 7.25.